The number of hydrogen-bond acceptors (Lipinski definition) is 5. The third kappa shape index (κ3) is 8.85. The molecule has 21 heavy (non-hydrogen) atoms. The topological polar surface area (TPSA) is 108 Å². The van der Waals surface area contributed by atoms with E-state index in [1.54, 1.807) is 0 Å². The molecular formula is C13H25N3O5. The molecule has 0 aromatic rings. The number of nitrogens with zero attached hydrogens (tertiary/aromatic N) is 1. The zero-order valence-electron chi connectivity index (χ0n) is 13.0. The monoisotopic (exact) mass is 303 g/mol. The van der Waals surface area contributed by atoms with Gasteiger partial charge in [0.05, 0.1) is 7.11 Å². The highest BCUT2D eigenvalue weighted by molar-refractivity contribution is 5.83. The first kappa shape index (κ1) is 19.2. The number of methoxy groups -OCH3 is 1. The SMILES string of the molecule is COC(=O)CC[C@@H](NC(=O)NCCN(C)C(C)C)C(=O)O. The van der Waals surface area contributed by atoms with Crippen LogP contribution in [0.4, 0.5) is 4.79 Å². The number of nitrogens with one attached hydrogen (secondary N) is 2. The van der Waals surface area contributed by atoms with Crippen LogP contribution in [0.25, 0.3) is 0 Å². The van der Waals surface area contributed by atoms with Gasteiger partial charge < -0.3 is 25.4 Å². The molecule has 0 aromatic heterocycles. The molecule has 0 aliphatic carbocycles. The number of carbonyl (C=O) groups excluding carboxylic acids is 2. The van der Waals surface area contributed by atoms with Crippen LogP contribution in [0.1, 0.15) is 26.7 Å². The maximum Gasteiger partial charge on any atom is 0.326 e. The van der Waals surface area contributed by atoms with Gasteiger partial charge in [-0.1, -0.05) is 0 Å². The fourth-order valence-electron chi connectivity index (χ4n) is 1.43. The average molecular weight is 303 g/mol. The summed E-state index contributed by atoms with van der Waals surface area (Å²) in [5, 5.41) is 13.9. The van der Waals surface area contributed by atoms with Gasteiger partial charge in [0.2, 0.25) is 0 Å². The summed E-state index contributed by atoms with van der Waals surface area (Å²) in [6.07, 6.45) is -0.0782. The first-order valence-corrected chi connectivity index (χ1v) is 6.82. The van der Waals surface area contributed by atoms with E-state index >= 15 is 0 Å². The predicted octanol–water partition coefficient (Wildman–Crippen LogP) is 0.0322. The van der Waals surface area contributed by atoms with Crippen LogP contribution in [-0.4, -0.2) is 67.3 Å². The van der Waals surface area contributed by atoms with Crippen molar-refractivity contribution in [2.45, 2.75) is 38.8 Å². The van der Waals surface area contributed by atoms with E-state index < -0.39 is 24.0 Å². The predicted molar refractivity (Wildman–Crippen MR) is 77.0 cm³/mol. The minimum absolute atomic E-state index is 0.0126. The second kappa shape index (κ2) is 9.98. The standard InChI is InChI=1S/C13H25N3O5/c1-9(2)16(3)8-7-14-13(20)15-10(12(18)19)5-6-11(17)21-4/h9-10H,5-8H2,1-4H3,(H,18,19)(H2,14,15,20)/t10-/m1/s1. The number of urea groups is 1. The fraction of sp³-hybridized carbons (Fsp3) is 0.769. The molecule has 0 aliphatic rings. The van der Waals surface area contributed by atoms with Crippen LogP contribution in [0.2, 0.25) is 0 Å². The lowest BCUT2D eigenvalue weighted by Gasteiger charge is -2.21. The van der Waals surface area contributed by atoms with Crippen molar-refractivity contribution in [3.63, 3.8) is 0 Å². The first-order valence-electron chi connectivity index (χ1n) is 6.82. The van der Waals surface area contributed by atoms with Crippen molar-refractivity contribution < 1.29 is 24.2 Å². The van der Waals surface area contributed by atoms with E-state index in [0.29, 0.717) is 19.1 Å². The Morgan fingerprint density at radius 2 is 1.90 bits per heavy atom. The Morgan fingerprint density at radius 1 is 1.29 bits per heavy atom. The maximum atomic E-state index is 11.6. The van der Waals surface area contributed by atoms with Crippen LogP contribution in [0, 0.1) is 0 Å². The Kier molecular flexibility index (Phi) is 9.11. The van der Waals surface area contributed by atoms with Crippen molar-refractivity contribution in [3.05, 3.63) is 0 Å². The minimum atomic E-state index is -1.19. The summed E-state index contributed by atoms with van der Waals surface area (Å²) in [6.45, 7) is 5.13. The van der Waals surface area contributed by atoms with Gasteiger partial charge >= 0.3 is 18.0 Å². The Morgan fingerprint density at radius 3 is 2.38 bits per heavy atom. The summed E-state index contributed by atoms with van der Waals surface area (Å²) in [5.41, 5.74) is 0. The van der Waals surface area contributed by atoms with E-state index in [4.69, 9.17) is 5.11 Å². The van der Waals surface area contributed by atoms with Crippen LogP contribution < -0.4 is 10.6 Å². The third-order valence-electron chi connectivity index (χ3n) is 3.10. The summed E-state index contributed by atoms with van der Waals surface area (Å²) in [5.74, 6) is -1.70. The van der Waals surface area contributed by atoms with Crippen molar-refractivity contribution in [1.29, 1.82) is 0 Å². The molecule has 3 N–H and O–H groups in total. The van der Waals surface area contributed by atoms with Gasteiger partial charge in [-0.25, -0.2) is 9.59 Å². The van der Waals surface area contributed by atoms with E-state index in [1.165, 1.54) is 7.11 Å². The van der Waals surface area contributed by atoms with Crippen LogP contribution in [0.5, 0.6) is 0 Å². The second-order valence-electron chi connectivity index (χ2n) is 4.98. The Balaban J connectivity index is 4.12. The molecule has 0 saturated heterocycles. The number of likely N-dealkylation sites (N-methyl/N-ethyl adjacent to an activating group) is 1. The lowest BCUT2D eigenvalue weighted by Crippen LogP contribution is -2.47. The van der Waals surface area contributed by atoms with Gasteiger partial charge in [0, 0.05) is 25.6 Å². The number of hydrogen-bond donors (Lipinski definition) is 3. The highest BCUT2D eigenvalue weighted by Crippen LogP contribution is 1.99. The molecular weight excluding hydrogens is 278 g/mol. The van der Waals surface area contributed by atoms with Gasteiger partial charge in [0.15, 0.2) is 0 Å². The summed E-state index contributed by atoms with van der Waals surface area (Å²) in [4.78, 5) is 35.6. The van der Waals surface area contributed by atoms with E-state index in [2.05, 4.69) is 15.4 Å². The maximum absolute atomic E-state index is 11.6. The van der Waals surface area contributed by atoms with Crippen LogP contribution in [0.15, 0.2) is 0 Å². The number of ether oxygens (including phenoxy) is 1. The van der Waals surface area contributed by atoms with Crippen molar-refractivity contribution in [1.82, 2.24) is 15.5 Å². The van der Waals surface area contributed by atoms with Crippen molar-refractivity contribution in [3.8, 4) is 0 Å². The molecule has 0 rings (SSSR count). The molecule has 0 bridgehead atoms. The average Bonchev–Trinajstić information content (AvgIpc) is 2.42. The zero-order chi connectivity index (χ0) is 16.4. The van der Waals surface area contributed by atoms with Crippen molar-refractivity contribution in [2.24, 2.45) is 0 Å². The highest BCUT2D eigenvalue weighted by atomic mass is 16.5. The molecule has 0 aliphatic heterocycles. The molecule has 8 heteroatoms. The Labute approximate surface area is 124 Å². The van der Waals surface area contributed by atoms with Crippen molar-refractivity contribution in [2.75, 3.05) is 27.2 Å². The minimum Gasteiger partial charge on any atom is -0.480 e. The van der Waals surface area contributed by atoms with Crippen LogP contribution in [-0.2, 0) is 14.3 Å². The van der Waals surface area contributed by atoms with Crippen molar-refractivity contribution >= 4 is 18.0 Å². The molecule has 122 valence electrons. The van der Waals surface area contributed by atoms with Gasteiger partial charge in [-0.15, -0.1) is 0 Å². The lowest BCUT2D eigenvalue weighted by molar-refractivity contribution is -0.142. The quantitative estimate of drug-likeness (QED) is 0.519. The van der Waals surface area contributed by atoms with E-state index in [0.717, 1.165) is 0 Å². The van der Waals surface area contributed by atoms with E-state index in [1.807, 2.05) is 25.8 Å². The molecule has 1 atom stereocenters. The summed E-state index contributed by atoms with van der Waals surface area (Å²) >= 11 is 0. The normalized spacial score (nSPS) is 12.1. The molecule has 8 nitrogen and oxygen atoms in total. The molecule has 0 spiro atoms. The smallest absolute Gasteiger partial charge is 0.326 e. The highest BCUT2D eigenvalue weighted by Gasteiger charge is 2.21. The number of esters is 1. The molecule has 2 amide bonds. The largest absolute Gasteiger partial charge is 0.480 e. The second-order valence-corrected chi connectivity index (χ2v) is 4.98. The Hall–Kier alpha value is -1.83. The number of amides is 2. The van der Waals surface area contributed by atoms with Gasteiger partial charge in [0.25, 0.3) is 0 Å². The number of carboxylic acid groups (broad SMARTS) is 1. The molecule has 0 heterocycles. The number of aliphatic carboxylic acids is 1. The van der Waals surface area contributed by atoms with Crippen LogP contribution in [0.3, 0.4) is 0 Å². The zero-order valence-corrected chi connectivity index (χ0v) is 13.0. The summed E-state index contributed by atoms with van der Waals surface area (Å²) < 4.78 is 4.43. The number of carbonyl (C=O) groups is 3. The Bertz CT molecular complexity index is 360. The molecule has 0 aromatic carbocycles. The first-order chi connectivity index (χ1) is 9.77. The lowest BCUT2D eigenvalue weighted by atomic mass is 10.1. The van der Waals surface area contributed by atoms with Gasteiger partial charge in [-0.05, 0) is 27.3 Å². The third-order valence-corrected chi connectivity index (χ3v) is 3.10. The van der Waals surface area contributed by atoms with Crippen LogP contribution >= 0.6 is 0 Å². The van der Waals surface area contributed by atoms with Gasteiger partial charge in [0.1, 0.15) is 6.04 Å². The van der Waals surface area contributed by atoms with E-state index in [9.17, 15) is 14.4 Å². The summed E-state index contributed by atoms with van der Waals surface area (Å²) in [6, 6.07) is -1.32. The summed E-state index contributed by atoms with van der Waals surface area (Å²) in [7, 11) is 3.16. The van der Waals surface area contributed by atoms with Gasteiger partial charge in [-0.2, -0.15) is 0 Å². The molecule has 0 radical (unpaired) electrons. The number of carboxylic acids is 1. The van der Waals surface area contributed by atoms with E-state index in [-0.39, 0.29) is 12.8 Å². The van der Waals surface area contributed by atoms with Gasteiger partial charge in [-0.3, -0.25) is 4.79 Å². The molecule has 0 unspecified atom stereocenters. The fourth-order valence-corrected chi connectivity index (χ4v) is 1.43. The molecule has 0 fully saturated rings. The molecule has 0 saturated carbocycles. The number of rotatable bonds is 9.